The van der Waals surface area contributed by atoms with Crippen LogP contribution >= 0.6 is 0 Å². The molecule has 0 saturated carbocycles. The van der Waals surface area contributed by atoms with Gasteiger partial charge in [0.15, 0.2) is 11.5 Å². The predicted molar refractivity (Wildman–Crippen MR) is 120 cm³/mol. The van der Waals surface area contributed by atoms with Crippen LogP contribution in [0.15, 0.2) is 29.3 Å². The number of H-pyrrole nitrogens is 1. The van der Waals surface area contributed by atoms with Crippen LogP contribution in [0.5, 0.6) is 0 Å². The first-order chi connectivity index (χ1) is 16.5. The van der Waals surface area contributed by atoms with Gasteiger partial charge in [0.2, 0.25) is 5.95 Å². The molecular weight excluding hydrogens is 440 g/mol. The van der Waals surface area contributed by atoms with Crippen LogP contribution in [-0.4, -0.2) is 66.4 Å². The molecule has 34 heavy (non-hydrogen) atoms. The molecular formula is C22H20N8O4. The summed E-state index contributed by atoms with van der Waals surface area (Å²) in [7, 11) is 0. The van der Waals surface area contributed by atoms with Gasteiger partial charge in [-0.3, -0.25) is 13.9 Å². The molecule has 0 radical (unpaired) electrons. The fraction of sp³-hybridized carbons (Fsp3) is 0.364. The number of hydrogen-bond acceptors (Lipinski definition) is 8. The Labute approximate surface area is 192 Å². The van der Waals surface area contributed by atoms with E-state index in [0.717, 1.165) is 0 Å². The number of aromatic nitrogens is 6. The van der Waals surface area contributed by atoms with E-state index in [-0.39, 0.29) is 24.8 Å². The lowest BCUT2D eigenvalue weighted by atomic mass is 10.0. The molecule has 172 valence electrons. The smallest absolute Gasteiger partial charge is 0.328 e. The number of aliphatic carboxylic acids is 1. The van der Waals surface area contributed by atoms with Crippen molar-refractivity contribution in [3.63, 3.8) is 0 Å². The normalized spacial score (nSPS) is 17.2. The number of imidazole rings is 2. The maximum Gasteiger partial charge on any atom is 0.328 e. The summed E-state index contributed by atoms with van der Waals surface area (Å²) < 4.78 is 8.80. The molecule has 0 amide bonds. The Kier molecular flexibility index (Phi) is 4.59. The molecule has 2 aliphatic heterocycles. The van der Waals surface area contributed by atoms with Gasteiger partial charge in [0, 0.05) is 32.3 Å². The monoisotopic (exact) mass is 460 g/mol. The number of rotatable bonds is 4. The standard InChI is InChI=1S/C22H20N8O4/c23-8-12-1-2-15-16(7-12)29(11-24-15)21-26-18(28-9-13(10-28)20(31)32)17-19(27-21)30(22(33)25-17)14-3-5-34-6-4-14/h1-2,7,11,13-14H,3-6,9-10H2,(H,25,33)(H,31,32). The van der Waals surface area contributed by atoms with Crippen LogP contribution in [0.3, 0.4) is 0 Å². The van der Waals surface area contributed by atoms with Gasteiger partial charge < -0.3 is 19.7 Å². The number of nitrogens with one attached hydrogen (secondary N) is 1. The van der Waals surface area contributed by atoms with Gasteiger partial charge in [-0.1, -0.05) is 0 Å². The molecule has 4 aromatic rings. The fourth-order valence-electron chi connectivity index (χ4n) is 4.64. The van der Waals surface area contributed by atoms with E-state index in [1.54, 1.807) is 33.7 Å². The highest BCUT2D eigenvalue weighted by Crippen LogP contribution is 2.32. The molecule has 6 rings (SSSR count). The Morgan fingerprint density at radius 1 is 1.24 bits per heavy atom. The van der Waals surface area contributed by atoms with Crippen molar-refractivity contribution in [1.82, 2.24) is 29.1 Å². The van der Waals surface area contributed by atoms with E-state index in [9.17, 15) is 20.0 Å². The summed E-state index contributed by atoms with van der Waals surface area (Å²) in [6.07, 6.45) is 2.95. The summed E-state index contributed by atoms with van der Waals surface area (Å²) >= 11 is 0. The maximum atomic E-state index is 13.0. The van der Waals surface area contributed by atoms with Crippen molar-refractivity contribution in [3.05, 3.63) is 40.6 Å². The highest BCUT2D eigenvalue weighted by molar-refractivity contribution is 5.87. The minimum atomic E-state index is -0.861. The summed E-state index contributed by atoms with van der Waals surface area (Å²) in [6.45, 7) is 1.69. The molecule has 2 aliphatic rings. The second-order valence-electron chi connectivity index (χ2n) is 8.56. The number of aromatic amines is 1. The number of hydrogen-bond donors (Lipinski definition) is 2. The van der Waals surface area contributed by atoms with E-state index in [2.05, 4.69) is 16.0 Å². The average molecular weight is 460 g/mol. The van der Waals surface area contributed by atoms with Crippen molar-refractivity contribution < 1.29 is 14.6 Å². The zero-order valence-electron chi connectivity index (χ0n) is 18.0. The van der Waals surface area contributed by atoms with Crippen molar-refractivity contribution >= 4 is 34.0 Å². The SMILES string of the molecule is N#Cc1ccc2ncn(-c3nc(N4CC(C(=O)O)C4)c4[nH]c(=O)n(C5CCOCC5)c4n3)c2c1. The molecule has 12 heteroatoms. The van der Waals surface area contributed by atoms with Crippen LogP contribution in [-0.2, 0) is 9.53 Å². The van der Waals surface area contributed by atoms with E-state index >= 15 is 0 Å². The van der Waals surface area contributed by atoms with Crippen LogP contribution < -0.4 is 10.6 Å². The zero-order chi connectivity index (χ0) is 23.4. The van der Waals surface area contributed by atoms with Crippen LogP contribution in [0.1, 0.15) is 24.4 Å². The number of nitriles is 1. The molecule has 0 spiro atoms. The number of anilines is 1. The Balaban J connectivity index is 1.56. The van der Waals surface area contributed by atoms with Crippen molar-refractivity contribution in [2.75, 3.05) is 31.2 Å². The Morgan fingerprint density at radius 3 is 2.76 bits per heavy atom. The maximum absolute atomic E-state index is 13.0. The number of carboxylic acid groups (broad SMARTS) is 1. The minimum absolute atomic E-state index is 0.0709. The number of carboxylic acids is 1. The molecule has 5 heterocycles. The Hall–Kier alpha value is -4.24. The van der Waals surface area contributed by atoms with Crippen LogP contribution in [0.4, 0.5) is 5.82 Å². The Bertz CT molecular complexity index is 1530. The van der Waals surface area contributed by atoms with Crippen molar-refractivity contribution in [2.45, 2.75) is 18.9 Å². The van der Waals surface area contributed by atoms with E-state index in [0.29, 0.717) is 65.6 Å². The molecule has 0 atom stereocenters. The highest BCUT2D eigenvalue weighted by atomic mass is 16.5. The van der Waals surface area contributed by atoms with Gasteiger partial charge in [0.05, 0.1) is 28.6 Å². The van der Waals surface area contributed by atoms with Gasteiger partial charge in [-0.05, 0) is 31.0 Å². The van der Waals surface area contributed by atoms with Crippen LogP contribution in [0, 0.1) is 17.2 Å². The fourth-order valence-corrected chi connectivity index (χ4v) is 4.64. The van der Waals surface area contributed by atoms with E-state index in [1.807, 2.05) is 4.90 Å². The average Bonchev–Trinajstić information content (AvgIpc) is 3.38. The van der Waals surface area contributed by atoms with Gasteiger partial charge in [-0.25, -0.2) is 9.78 Å². The second kappa shape index (κ2) is 7.67. The van der Waals surface area contributed by atoms with E-state index < -0.39 is 11.9 Å². The van der Waals surface area contributed by atoms with Crippen LogP contribution in [0.25, 0.3) is 28.1 Å². The highest BCUT2D eigenvalue weighted by Gasteiger charge is 2.36. The van der Waals surface area contributed by atoms with Crippen LogP contribution in [0.2, 0.25) is 0 Å². The first-order valence-corrected chi connectivity index (χ1v) is 11.0. The molecule has 1 aromatic carbocycles. The summed E-state index contributed by atoms with van der Waals surface area (Å²) in [5, 5.41) is 18.7. The summed E-state index contributed by atoms with van der Waals surface area (Å²) in [6, 6.07) is 7.21. The topological polar surface area (TPSA) is 155 Å². The summed E-state index contributed by atoms with van der Waals surface area (Å²) in [5.41, 5.74) is 2.46. The lowest BCUT2D eigenvalue weighted by Gasteiger charge is -2.37. The molecule has 3 aromatic heterocycles. The largest absolute Gasteiger partial charge is 0.481 e. The Morgan fingerprint density at radius 2 is 2.03 bits per heavy atom. The molecule has 0 unspecified atom stereocenters. The van der Waals surface area contributed by atoms with Gasteiger partial charge >= 0.3 is 11.7 Å². The van der Waals surface area contributed by atoms with E-state index in [4.69, 9.17) is 14.7 Å². The number of fused-ring (bicyclic) bond motifs is 2. The third-order valence-electron chi connectivity index (χ3n) is 6.52. The molecule has 2 saturated heterocycles. The van der Waals surface area contributed by atoms with E-state index in [1.165, 1.54) is 0 Å². The summed E-state index contributed by atoms with van der Waals surface area (Å²) in [4.78, 5) is 43.0. The van der Waals surface area contributed by atoms with Crippen molar-refractivity contribution in [1.29, 1.82) is 5.26 Å². The zero-order valence-corrected chi connectivity index (χ0v) is 18.0. The minimum Gasteiger partial charge on any atom is -0.481 e. The number of nitrogens with zero attached hydrogens (tertiary/aromatic N) is 7. The van der Waals surface area contributed by atoms with Gasteiger partial charge in [0.1, 0.15) is 11.8 Å². The third kappa shape index (κ3) is 3.12. The number of benzene rings is 1. The number of ether oxygens (including phenoxy) is 1. The summed E-state index contributed by atoms with van der Waals surface area (Å²) in [5.74, 6) is -0.595. The van der Waals surface area contributed by atoms with Gasteiger partial charge in [0.25, 0.3) is 0 Å². The van der Waals surface area contributed by atoms with Crippen molar-refractivity contribution in [3.8, 4) is 12.0 Å². The first-order valence-electron chi connectivity index (χ1n) is 11.0. The molecule has 0 aliphatic carbocycles. The van der Waals surface area contributed by atoms with Gasteiger partial charge in [-0.15, -0.1) is 0 Å². The third-order valence-corrected chi connectivity index (χ3v) is 6.52. The molecule has 2 N–H and O–H groups in total. The predicted octanol–water partition coefficient (Wildman–Crippen LogP) is 1.20. The lowest BCUT2D eigenvalue weighted by Crippen LogP contribution is -2.51. The first kappa shape index (κ1) is 20.4. The van der Waals surface area contributed by atoms with Gasteiger partial charge in [-0.2, -0.15) is 15.2 Å². The molecule has 12 nitrogen and oxygen atoms in total. The molecule has 2 fully saturated rings. The number of carbonyl (C=O) groups is 1. The molecule has 0 bridgehead atoms. The lowest BCUT2D eigenvalue weighted by molar-refractivity contribution is -0.142. The second-order valence-corrected chi connectivity index (χ2v) is 8.56. The van der Waals surface area contributed by atoms with Crippen molar-refractivity contribution in [2.24, 2.45) is 5.92 Å². The quantitative estimate of drug-likeness (QED) is 0.457.